The summed E-state index contributed by atoms with van der Waals surface area (Å²) in [5.74, 6) is -0.781. The topological polar surface area (TPSA) is 120 Å². The summed E-state index contributed by atoms with van der Waals surface area (Å²) in [7, 11) is 1.70. The van der Waals surface area contributed by atoms with Gasteiger partial charge in [0.15, 0.2) is 0 Å². The normalized spacial score (nSPS) is 22.5. The van der Waals surface area contributed by atoms with Crippen molar-refractivity contribution in [2.45, 2.75) is 90.0 Å². The number of nitrogens with one attached hydrogen (secondary N) is 4. The lowest BCUT2D eigenvalue weighted by molar-refractivity contribution is -0.144. The van der Waals surface area contributed by atoms with Crippen LogP contribution in [0.4, 0.5) is 5.69 Å². The van der Waals surface area contributed by atoms with Gasteiger partial charge in [-0.1, -0.05) is 30.5 Å². The van der Waals surface area contributed by atoms with Crippen LogP contribution in [0.2, 0.25) is 0 Å². The van der Waals surface area contributed by atoms with Crippen molar-refractivity contribution < 1.29 is 19.2 Å². The number of allylic oxidation sites excluding steroid dienone is 1. The SMILES string of the molecule is CNC(C)C(=O)NC1CCCCC2CCC(C(=O)NCc3cccc(NC(=O)C=C(C)C)c3)N2C1=O. The van der Waals surface area contributed by atoms with Crippen LogP contribution in [0.5, 0.6) is 0 Å². The Morgan fingerprint density at radius 3 is 2.58 bits per heavy atom. The van der Waals surface area contributed by atoms with Crippen molar-refractivity contribution in [1.29, 1.82) is 0 Å². The van der Waals surface area contributed by atoms with Crippen LogP contribution in [0, 0.1) is 0 Å². The summed E-state index contributed by atoms with van der Waals surface area (Å²) in [6, 6.07) is 5.77. The molecule has 2 saturated heterocycles. The molecule has 2 aliphatic heterocycles. The lowest BCUT2D eigenvalue weighted by Crippen LogP contribution is -2.57. The summed E-state index contributed by atoms with van der Waals surface area (Å²) < 4.78 is 0. The minimum atomic E-state index is -0.620. The molecule has 2 fully saturated rings. The van der Waals surface area contributed by atoms with Crippen molar-refractivity contribution in [2.75, 3.05) is 12.4 Å². The first-order chi connectivity index (χ1) is 17.2. The van der Waals surface area contributed by atoms with E-state index in [0.717, 1.165) is 36.8 Å². The fourth-order valence-electron chi connectivity index (χ4n) is 4.86. The highest BCUT2D eigenvalue weighted by atomic mass is 16.2. The maximum absolute atomic E-state index is 13.5. The smallest absolute Gasteiger partial charge is 0.248 e. The molecule has 3 rings (SSSR count). The lowest BCUT2D eigenvalue weighted by atomic mass is 9.98. The quantitative estimate of drug-likeness (QED) is 0.411. The van der Waals surface area contributed by atoms with Gasteiger partial charge in [0, 0.05) is 24.4 Å². The van der Waals surface area contributed by atoms with Gasteiger partial charge in [-0.25, -0.2) is 0 Å². The average Bonchev–Trinajstić information content (AvgIpc) is 3.25. The van der Waals surface area contributed by atoms with E-state index < -0.39 is 18.1 Å². The summed E-state index contributed by atoms with van der Waals surface area (Å²) >= 11 is 0. The molecule has 4 N–H and O–H groups in total. The maximum Gasteiger partial charge on any atom is 0.248 e. The number of hydrogen-bond acceptors (Lipinski definition) is 5. The number of likely N-dealkylation sites (N-methyl/N-ethyl adjacent to an activating group) is 1. The average molecular weight is 498 g/mol. The Morgan fingerprint density at radius 2 is 1.86 bits per heavy atom. The predicted octanol–water partition coefficient (Wildman–Crippen LogP) is 2.23. The largest absolute Gasteiger partial charge is 0.350 e. The summed E-state index contributed by atoms with van der Waals surface area (Å²) in [6.45, 7) is 5.75. The first-order valence-corrected chi connectivity index (χ1v) is 12.8. The minimum absolute atomic E-state index is 0.0169. The molecule has 1 aromatic carbocycles. The number of fused-ring (bicyclic) bond motifs is 1. The van der Waals surface area contributed by atoms with E-state index in [4.69, 9.17) is 0 Å². The second-order valence-corrected chi connectivity index (χ2v) is 9.98. The molecule has 0 bridgehead atoms. The van der Waals surface area contributed by atoms with Crippen LogP contribution in [-0.4, -0.2) is 59.7 Å². The Hall–Kier alpha value is -3.20. The third kappa shape index (κ3) is 7.16. The van der Waals surface area contributed by atoms with E-state index in [-0.39, 0.29) is 36.2 Å². The number of amides is 4. The molecule has 9 heteroatoms. The van der Waals surface area contributed by atoms with Gasteiger partial charge in [0.1, 0.15) is 12.1 Å². The van der Waals surface area contributed by atoms with E-state index in [1.165, 1.54) is 6.08 Å². The highest BCUT2D eigenvalue weighted by molar-refractivity contribution is 5.99. The van der Waals surface area contributed by atoms with E-state index in [2.05, 4.69) is 21.3 Å². The molecule has 0 saturated carbocycles. The first kappa shape index (κ1) is 27.4. The fourth-order valence-corrected chi connectivity index (χ4v) is 4.86. The summed E-state index contributed by atoms with van der Waals surface area (Å²) in [5, 5.41) is 11.6. The van der Waals surface area contributed by atoms with Crippen molar-refractivity contribution in [3.63, 3.8) is 0 Å². The molecule has 9 nitrogen and oxygen atoms in total. The molecule has 2 aliphatic rings. The van der Waals surface area contributed by atoms with E-state index in [1.807, 2.05) is 32.0 Å². The number of nitrogens with zero attached hydrogens (tertiary/aromatic N) is 1. The second kappa shape index (κ2) is 12.7. The Kier molecular flexibility index (Phi) is 9.64. The van der Waals surface area contributed by atoms with Crippen molar-refractivity contribution in [3.8, 4) is 0 Å². The molecule has 36 heavy (non-hydrogen) atoms. The number of anilines is 1. The van der Waals surface area contributed by atoms with Gasteiger partial charge < -0.3 is 26.2 Å². The summed E-state index contributed by atoms with van der Waals surface area (Å²) in [6.07, 6.45) is 6.19. The molecule has 196 valence electrons. The van der Waals surface area contributed by atoms with E-state index >= 15 is 0 Å². The van der Waals surface area contributed by atoms with Crippen molar-refractivity contribution in [3.05, 3.63) is 41.5 Å². The number of rotatable bonds is 8. The zero-order chi connectivity index (χ0) is 26.2. The van der Waals surface area contributed by atoms with E-state index in [0.29, 0.717) is 18.5 Å². The van der Waals surface area contributed by atoms with Crippen LogP contribution in [0.15, 0.2) is 35.9 Å². The van der Waals surface area contributed by atoms with Crippen LogP contribution < -0.4 is 21.3 Å². The first-order valence-electron chi connectivity index (χ1n) is 12.8. The van der Waals surface area contributed by atoms with Crippen LogP contribution in [0.3, 0.4) is 0 Å². The molecule has 0 aromatic heterocycles. The van der Waals surface area contributed by atoms with E-state index in [9.17, 15) is 19.2 Å². The standard InChI is InChI=1S/C27H39N5O4/c1-17(2)14-24(33)30-20-9-7-8-19(15-20)16-29-26(35)23-13-12-21-10-5-6-11-22(27(36)32(21)23)31-25(34)18(3)28-4/h7-9,14-15,18,21-23,28H,5-6,10-13,16H2,1-4H3,(H,29,35)(H,30,33)(H,31,34). The van der Waals surface area contributed by atoms with E-state index in [1.54, 1.807) is 24.9 Å². The van der Waals surface area contributed by atoms with Gasteiger partial charge in [-0.2, -0.15) is 0 Å². The van der Waals surface area contributed by atoms with Gasteiger partial charge in [-0.05, 0) is 71.2 Å². The van der Waals surface area contributed by atoms with Gasteiger partial charge >= 0.3 is 0 Å². The zero-order valence-electron chi connectivity index (χ0n) is 21.7. The lowest BCUT2D eigenvalue weighted by Gasteiger charge is -2.35. The number of carbonyl (C=O) groups is 4. The third-order valence-electron chi connectivity index (χ3n) is 6.86. The highest BCUT2D eigenvalue weighted by Gasteiger charge is 2.43. The number of benzene rings is 1. The molecule has 0 radical (unpaired) electrons. The molecule has 0 aliphatic carbocycles. The van der Waals surface area contributed by atoms with Crippen LogP contribution in [0.1, 0.15) is 64.9 Å². The summed E-state index contributed by atoms with van der Waals surface area (Å²) in [5.41, 5.74) is 2.40. The van der Waals surface area contributed by atoms with Gasteiger partial charge in [0.2, 0.25) is 23.6 Å². The number of carbonyl (C=O) groups excluding carboxylic acids is 4. The highest BCUT2D eigenvalue weighted by Crippen LogP contribution is 2.31. The number of hydrogen-bond donors (Lipinski definition) is 4. The van der Waals surface area contributed by atoms with Crippen LogP contribution >= 0.6 is 0 Å². The maximum atomic E-state index is 13.5. The Labute approximate surface area is 213 Å². The summed E-state index contributed by atoms with van der Waals surface area (Å²) in [4.78, 5) is 52.9. The monoisotopic (exact) mass is 497 g/mol. The molecule has 0 spiro atoms. The Morgan fingerprint density at radius 1 is 1.11 bits per heavy atom. The van der Waals surface area contributed by atoms with Crippen molar-refractivity contribution in [1.82, 2.24) is 20.9 Å². The molecule has 1 aromatic rings. The van der Waals surface area contributed by atoms with Gasteiger partial charge in [0.25, 0.3) is 0 Å². The molecule has 4 atom stereocenters. The van der Waals surface area contributed by atoms with Gasteiger partial charge in [-0.3, -0.25) is 19.2 Å². The van der Waals surface area contributed by atoms with Crippen molar-refractivity contribution in [2.24, 2.45) is 0 Å². The van der Waals surface area contributed by atoms with Crippen LogP contribution in [-0.2, 0) is 25.7 Å². The van der Waals surface area contributed by atoms with Gasteiger partial charge in [-0.15, -0.1) is 0 Å². The minimum Gasteiger partial charge on any atom is -0.350 e. The molecule has 4 amide bonds. The predicted molar refractivity (Wildman–Crippen MR) is 139 cm³/mol. The fraction of sp³-hybridized carbons (Fsp3) is 0.556. The molecule has 4 unspecified atom stereocenters. The molecule has 2 heterocycles. The zero-order valence-corrected chi connectivity index (χ0v) is 21.7. The van der Waals surface area contributed by atoms with Crippen LogP contribution in [0.25, 0.3) is 0 Å². The molecular weight excluding hydrogens is 458 g/mol. The Bertz CT molecular complexity index is 1000. The van der Waals surface area contributed by atoms with Gasteiger partial charge in [0.05, 0.1) is 6.04 Å². The molecular formula is C27H39N5O4. The Balaban J connectivity index is 1.65. The third-order valence-corrected chi connectivity index (χ3v) is 6.86. The second-order valence-electron chi connectivity index (χ2n) is 9.98. The van der Waals surface area contributed by atoms with Crippen molar-refractivity contribution >= 4 is 29.3 Å².